The molecule has 238 valence electrons. The molecule has 1 saturated carbocycles. The van der Waals surface area contributed by atoms with Gasteiger partial charge in [-0.15, -0.1) is 0 Å². The van der Waals surface area contributed by atoms with E-state index in [1.807, 2.05) is 6.92 Å². The third-order valence-corrected chi connectivity index (χ3v) is 8.80. The van der Waals surface area contributed by atoms with E-state index in [-0.39, 0.29) is 55.0 Å². The van der Waals surface area contributed by atoms with E-state index in [0.29, 0.717) is 47.6 Å². The number of aryl methyl sites for hydroxylation is 1. The number of benzene rings is 2. The van der Waals surface area contributed by atoms with Crippen molar-refractivity contribution in [1.82, 2.24) is 19.4 Å². The van der Waals surface area contributed by atoms with Crippen molar-refractivity contribution in [2.24, 2.45) is 0 Å². The van der Waals surface area contributed by atoms with E-state index >= 15 is 4.39 Å². The summed E-state index contributed by atoms with van der Waals surface area (Å²) in [5.74, 6) is -2.09. The molecular weight excluding hydrogens is 601 g/mol. The smallest absolute Gasteiger partial charge is 0.341 e. The lowest BCUT2D eigenvalue weighted by Crippen LogP contribution is -2.51. The van der Waals surface area contributed by atoms with Crippen LogP contribution in [-0.4, -0.2) is 76.4 Å². The Balaban J connectivity index is 1.04. The highest BCUT2D eigenvalue weighted by Crippen LogP contribution is 2.38. The number of amides is 2. The number of carbonyl (C=O) groups is 3. The molecule has 2 amide bonds. The van der Waals surface area contributed by atoms with Gasteiger partial charge in [0.1, 0.15) is 16.9 Å². The molecule has 3 aliphatic rings. The van der Waals surface area contributed by atoms with Crippen LogP contribution < -0.4 is 30.5 Å². The molecule has 4 aromatic rings. The molecule has 1 aliphatic carbocycles. The average molecular weight is 632 g/mol. The quantitative estimate of drug-likeness (QED) is 0.313. The predicted molar refractivity (Wildman–Crippen MR) is 165 cm³/mol. The van der Waals surface area contributed by atoms with E-state index in [2.05, 4.69) is 5.32 Å². The number of aromatic nitrogens is 2. The summed E-state index contributed by atoms with van der Waals surface area (Å²) >= 11 is 0. The van der Waals surface area contributed by atoms with E-state index in [9.17, 15) is 29.1 Å². The van der Waals surface area contributed by atoms with Gasteiger partial charge in [0, 0.05) is 62.6 Å². The first-order valence-electron chi connectivity index (χ1n) is 15.0. The molecule has 4 heterocycles. The first kappa shape index (κ1) is 29.3. The number of nitrogens with one attached hydrogen (secondary N) is 1. The lowest BCUT2D eigenvalue weighted by atomic mass is 10.1. The minimum absolute atomic E-state index is 0.0148. The summed E-state index contributed by atoms with van der Waals surface area (Å²) in [4.78, 5) is 67.1. The zero-order valence-electron chi connectivity index (χ0n) is 24.9. The third-order valence-electron chi connectivity index (χ3n) is 8.80. The number of anilines is 1. The predicted octanol–water partition coefficient (Wildman–Crippen LogP) is 2.32. The molecule has 2 aromatic carbocycles. The van der Waals surface area contributed by atoms with Crippen molar-refractivity contribution >= 4 is 45.3 Å². The molecule has 0 spiro atoms. The van der Waals surface area contributed by atoms with Gasteiger partial charge in [-0.1, -0.05) is 0 Å². The van der Waals surface area contributed by atoms with E-state index in [0.717, 1.165) is 18.9 Å². The van der Waals surface area contributed by atoms with Crippen molar-refractivity contribution < 1.29 is 33.4 Å². The van der Waals surface area contributed by atoms with Gasteiger partial charge in [-0.25, -0.2) is 9.18 Å². The van der Waals surface area contributed by atoms with Crippen molar-refractivity contribution in [3.63, 3.8) is 0 Å². The Labute approximate surface area is 260 Å². The van der Waals surface area contributed by atoms with Gasteiger partial charge in [-0.3, -0.25) is 19.2 Å². The second kappa shape index (κ2) is 11.2. The molecule has 0 bridgehead atoms. The second-order valence-corrected chi connectivity index (χ2v) is 11.6. The number of piperazine rings is 1. The third kappa shape index (κ3) is 4.99. The zero-order valence-corrected chi connectivity index (χ0v) is 24.9. The molecule has 7 rings (SSSR count). The van der Waals surface area contributed by atoms with Crippen LogP contribution in [0.5, 0.6) is 11.5 Å². The summed E-state index contributed by atoms with van der Waals surface area (Å²) < 4.78 is 29.7. The van der Waals surface area contributed by atoms with Crippen LogP contribution in [0.15, 0.2) is 46.2 Å². The topological polar surface area (TPSA) is 152 Å². The Morgan fingerprint density at radius 3 is 2.26 bits per heavy atom. The van der Waals surface area contributed by atoms with Gasteiger partial charge in [0.05, 0.1) is 28.7 Å². The summed E-state index contributed by atoms with van der Waals surface area (Å²) in [7, 11) is 0. The second-order valence-electron chi connectivity index (χ2n) is 11.6. The first-order valence-corrected chi connectivity index (χ1v) is 15.0. The van der Waals surface area contributed by atoms with Crippen LogP contribution in [0.2, 0.25) is 0 Å². The van der Waals surface area contributed by atoms with Gasteiger partial charge in [-0.2, -0.15) is 0 Å². The number of aromatic carboxylic acids is 1. The van der Waals surface area contributed by atoms with Gasteiger partial charge in [0.15, 0.2) is 11.5 Å². The molecule has 2 aliphatic heterocycles. The first-order chi connectivity index (χ1) is 22.1. The number of ether oxygens (including phenoxy) is 2. The molecule has 0 atom stereocenters. The summed E-state index contributed by atoms with van der Waals surface area (Å²) in [5, 5.41) is 12.4. The highest BCUT2D eigenvalue weighted by atomic mass is 19.1. The molecule has 2 fully saturated rings. The Morgan fingerprint density at radius 1 is 0.913 bits per heavy atom. The van der Waals surface area contributed by atoms with Gasteiger partial charge in [0.2, 0.25) is 23.6 Å². The summed E-state index contributed by atoms with van der Waals surface area (Å²) in [6.07, 6.45) is 4.47. The molecule has 2 aromatic heterocycles. The van der Waals surface area contributed by atoms with Gasteiger partial charge >= 0.3 is 5.97 Å². The van der Waals surface area contributed by atoms with Crippen LogP contribution in [0.4, 0.5) is 10.1 Å². The number of carboxylic acid groups (broad SMARTS) is 1. The Bertz CT molecular complexity index is 2080. The van der Waals surface area contributed by atoms with Crippen LogP contribution in [0.3, 0.4) is 0 Å². The molecule has 14 heteroatoms. The monoisotopic (exact) mass is 631 g/mol. The largest absolute Gasteiger partial charge is 0.477 e. The molecule has 1 saturated heterocycles. The van der Waals surface area contributed by atoms with E-state index in [1.54, 1.807) is 37.1 Å². The molecule has 13 nitrogen and oxygen atoms in total. The fourth-order valence-corrected chi connectivity index (χ4v) is 6.17. The van der Waals surface area contributed by atoms with E-state index in [4.69, 9.17) is 9.47 Å². The maximum atomic E-state index is 15.3. The van der Waals surface area contributed by atoms with Gasteiger partial charge < -0.3 is 38.8 Å². The minimum atomic E-state index is -1.35. The fourth-order valence-electron chi connectivity index (χ4n) is 6.17. The van der Waals surface area contributed by atoms with Crippen LogP contribution in [-0.2, 0) is 11.3 Å². The van der Waals surface area contributed by atoms with Gasteiger partial charge in [-0.05, 0) is 38.0 Å². The van der Waals surface area contributed by atoms with Crippen LogP contribution in [0.25, 0.3) is 21.8 Å². The van der Waals surface area contributed by atoms with Crippen molar-refractivity contribution in [3.8, 4) is 11.5 Å². The molecule has 0 radical (unpaired) electrons. The SMILES string of the molecule is CCn1cc(C(=O)NCC(=O)N2CCN(c3cc4c(cc3F)c(=O)c(C(=O)O)cn4C3CC3)CC2)c(=O)c2cc3c(cc21)OCO3. The van der Waals surface area contributed by atoms with E-state index < -0.39 is 34.1 Å². The van der Waals surface area contributed by atoms with Gasteiger partial charge in [0.25, 0.3) is 5.91 Å². The van der Waals surface area contributed by atoms with Crippen LogP contribution >= 0.6 is 0 Å². The maximum Gasteiger partial charge on any atom is 0.341 e. The zero-order chi connectivity index (χ0) is 32.3. The number of pyridine rings is 2. The molecule has 0 unspecified atom stereocenters. The van der Waals surface area contributed by atoms with Crippen molar-refractivity contribution in [2.45, 2.75) is 32.4 Å². The molecule has 2 N–H and O–H groups in total. The number of rotatable bonds is 7. The Morgan fingerprint density at radius 2 is 1.59 bits per heavy atom. The normalized spacial score (nSPS) is 15.9. The average Bonchev–Trinajstić information content (AvgIpc) is 3.79. The van der Waals surface area contributed by atoms with E-state index in [1.165, 1.54) is 12.4 Å². The van der Waals surface area contributed by atoms with Crippen molar-refractivity contribution in [1.29, 1.82) is 0 Å². The Hall–Kier alpha value is -5.40. The maximum absolute atomic E-state index is 15.3. The standard InChI is InChI=1S/C32H30FN5O8/c1-2-35-14-20(29(40)19-10-26-27(12-23(19)35)46-16-45-26)31(42)34-13-28(39)37-7-5-36(6-8-37)25-11-24-18(9-22(25)33)30(41)21(32(43)44)15-38(24)17-3-4-17/h9-12,14-15,17H,2-8,13,16H2,1H3,(H,34,42)(H,43,44). The summed E-state index contributed by atoms with van der Waals surface area (Å²) in [6.45, 7) is 3.19. The highest BCUT2D eigenvalue weighted by Gasteiger charge is 2.29. The van der Waals surface area contributed by atoms with Crippen LogP contribution in [0.1, 0.15) is 46.5 Å². The summed E-state index contributed by atoms with van der Waals surface area (Å²) in [5.41, 5.74) is -0.377. The number of fused-ring (bicyclic) bond motifs is 3. The number of carbonyl (C=O) groups excluding carboxylic acids is 2. The summed E-state index contributed by atoms with van der Waals surface area (Å²) in [6, 6.07) is 5.99. The Kier molecular flexibility index (Phi) is 7.13. The van der Waals surface area contributed by atoms with Crippen molar-refractivity contribution in [3.05, 3.63) is 74.0 Å². The fraction of sp³-hybridized carbons (Fsp3) is 0.344. The lowest BCUT2D eigenvalue weighted by Gasteiger charge is -2.36. The highest BCUT2D eigenvalue weighted by molar-refractivity contribution is 5.99. The number of hydrogen-bond acceptors (Lipinski definition) is 8. The lowest BCUT2D eigenvalue weighted by molar-refractivity contribution is -0.130. The molecular formula is C32H30FN5O8. The number of halogens is 1. The molecule has 46 heavy (non-hydrogen) atoms. The number of carboxylic acids is 1. The number of hydrogen-bond donors (Lipinski definition) is 2. The van der Waals surface area contributed by atoms with Crippen LogP contribution in [0, 0.1) is 5.82 Å². The van der Waals surface area contributed by atoms with Crippen molar-refractivity contribution in [2.75, 3.05) is 44.4 Å². The minimum Gasteiger partial charge on any atom is -0.477 e. The number of nitrogens with zero attached hydrogens (tertiary/aromatic N) is 4.